The first-order valence-corrected chi connectivity index (χ1v) is 2.10. The second-order valence-electron chi connectivity index (χ2n) is 0.448. The van der Waals surface area contributed by atoms with Crippen LogP contribution >= 0.6 is 9.90 Å². The van der Waals surface area contributed by atoms with Gasteiger partial charge in [-0.1, -0.05) is 0 Å². The first-order chi connectivity index (χ1) is 2.00. The third-order valence-electron chi connectivity index (χ3n) is 0. The predicted octanol–water partition coefficient (Wildman–Crippen LogP) is -4.72. The standard InChI is InChI=1S/H2O4S.5H2O.H3P/c1-5(2,3)4;;;;;;/h(H2,1,2,3,4);5*1H2;1H3. The quantitative estimate of drug-likeness (QED) is 0.303. The Morgan fingerprint density at radius 1 is 0.727 bits per heavy atom. The molecule has 9 nitrogen and oxygen atoms in total. The summed E-state index contributed by atoms with van der Waals surface area (Å²) in [5, 5.41) is 0. The van der Waals surface area contributed by atoms with E-state index in [-0.39, 0.29) is 37.3 Å². The van der Waals surface area contributed by atoms with Crippen molar-refractivity contribution in [3.8, 4) is 0 Å². The molecule has 12 N–H and O–H groups in total. The van der Waals surface area contributed by atoms with Crippen LogP contribution in [0.3, 0.4) is 0 Å². The van der Waals surface area contributed by atoms with Gasteiger partial charge in [0.2, 0.25) is 0 Å². The van der Waals surface area contributed by atoms with Gasteiger partial charge in [-0.15, -0.1) is 0 Å². The normalized spacial score (nSPS) is 5.27. The number of hydrogen-bond donors (Lipinski definition) is 2. The van der Waals surface area contributed by atoms with Crippen LogP contribution in [0, 0.1) is 0 Å². The molecule has 0 aliphatic heterocycles. The Labute approximate surface area is 66.2 Å². The Bertz CT molecular complexity index is 92.7. The smallest absolute Gasteiger partial charge is 0.394 e. The maximum atomic E-state index is 8.74. The van der Waals surface area contributed by atoms with E-state index >= 15 is 0 Å². The molecule has 0 spiro atoms. The van der Waals surface area contributed by atoms with E-state index in [2.05, 4.69) is 0 Å². The van der Waals surface area contributed by atoms with E-state index < -0.39 is 10.4 Å². The number of hydrogen-bond acceptors (Lipinski definition) is 2. The Morgan fingerprint density at radius 2 is 0.727 bits per heavy atom. The zero-order valence-corrected chi connectivity index (χ0v) is 7.56. The molecule has 0 aliphatic carbocycles. The van der Waals surface area contributed by atoms with Crippen LogP contribution in [0.5, 0.6) is 0 Å². The summed E-state index contributed by atoms with van der Waals surface area (Å²) in [5.74, 6) is 0. The third-order valence-corrected chi connectivity index (χ3v) is 0. The molecule has 0 fully saturated rings. The van der Waals surface area contributed by atoms with Crippen LogP contribution in [0.4, 0.5) is 0 Å². The molecule has 0 aromatic carbocycles. The van der Waals surface area contributed by atoms with Crippen molar-refractivity contribution >= 4 is 20.3 Å². The van der Waals surface area contributed by atoms with Gasteiger partial charge in [0.1, 0.15) is 0 Å². The molecular weight excluding hydrogens is 207 g/mol. The second kappa shape index (κ2) is 22.5. The van der Waals surface area contributed by atoms with Crippen LogP contribution in [-0.2, 0) is 10.4 Å². The van der Waals surface area contributed by atoms with Gasteiger partial charge in [-0.25, -0.2) is 0 Å². The average Bonchev–Trinajstić information content (AvgIpc) is 0.722. The van der Waals surface area contributed by atoms with Crippen molar-refractivity contribution in [1.82, 2.24) is 0 Å². The van der Waals surface area contributed by atoms with Gasteiger partial charge in [0, 0.05) is 0 Å². The first kappa shape index (κ1) is 67.4. The van der Waals surface area contributed by atoms with Crippen molar-refractivity contribution in [2.75, 3.05) is 0 Å². The average molecular weight is 222 g/mol. The SMILES string of the molecule is O.O.O.O.O.O=S(=O)(O)O.P. The molecule has 80 valence electrons. The lowest BCUT2D eigenvalue weighted by molar-refractivity contribution is 0.381. The molecule has 0 bridgehead atoms. The van der Waals surface area contributed by atoms with Crippen molar-refractivity contribution in [2.24, 2.45) is 0 Å². The summed E-state index contributed by atoms with van der Waals surface area (Å²) >= 11 is 0. The molecule has 0 saturated heterocycles. The van der Waals surface area contributed by atoms with Crippen LogP contribution in [0.2, 0.25) is 0 Å². The molecule has 0 radical (unpaired) electrons. The molecule has 1 unspecified atom stereocenters. The highest BCUT2D eigenvalue weighted by Gasteiger charge is 1.84. The molecule has 11 heavy (non-hydrogen) atoms. The highest BCUT2D eigenvalue weighted by atomic mass is 32.3. The van der Waals surface area contributed by atoms with Gasteiger partial charge < -0.3 is 27.4 Å². The van der Waals surface area contributed by atoms with E-state index in [1.54, 1.807) is 0 Å². The van der Waals surface area contributed by atoms with Gasteiger partial charge in [0.25, 0.3) is 0 Å². The molecule has 0 rings (SSSR count). The minimum atomic E-state index is -4.67. The lowest BCUT2D eigenvalue weighted by atomic mass is 15.8. The first-order valence-electron chi connectivity index (χ1n) is 0.698. The van der Waals surface area contributed by atoms with Crippen molar-refractivity contribution in [3.05, 3.63) is 0 Å². The van der Waals surface area contributed by atoms with Gasteiger partial charge in [-0.2, -0.15) is 18.3 Å². The van der Waals surface area contributed by atoms with Crippen LogP contribution in [0.15, 0.2) is 0 Å². The lowest BCUT2D eigenvalue weighted by Gasteiger charge is -1.68. The second-order valence-corrected chi connectivity index (χ2v) is 1.34. The number of rotatable bonds is 0. The van der Waals surface area contributed by atoms with E-state index in [0.29, 0.717) is 0 Å². The van der Waals surface area contributed by atoms with Gasteiger partial charge >= 0.3 is 10.4 Å². The topological polar surface area (TPSA) is 232 Å². The maximum Gasteiger partial charge on any atom is 0.394 e. The van der Waals surface area contributed by atoms with E-state index in [4.69, 9.17) is 17.5 Å². The molecule has 0 aromatic heterocycles. The van der Waals surface area contributed by atoms with E-state index in [9.17, 15) is 0 Å². The summed E-state index contributed by atoms with van der Waals surface area (Å²) < 4.78 is 31.6. The zero-order valence-electron chi connectivity index (χ0n) is 5.33. The summed E-state index contributed by atoms with van der Waals surface area (Å²) in [5.41, 5.74) is 0. The Kier molecular flexibility index (Phi) is 138. The fraction of sp³-hybridized carbons (Fsp3) is 0. The fourth-order valence-electron chi connectivity index (χ4n) is 0. The lowest BCUT2D eigenvalue weighted by Crippen LogP contribution is -1.89. The maximum absolute atomic E-state index is 8.74. The molecule has 0 heterocycles. The monoisotopic (exact) mass is 222 g/mol. The molecule has 0 aliphatic rings. The van der Waals surface area contributed by atoms with Crippen molar-refractivity contribution in [1.29, 1.82) is 0 Å². The highest BCUT2D eigenvalue weighted by Crippen LogP contribution is 1.59. The fourth-order valence-corrected chi connectivity index (χ4v) is 0. The Balaban J connectivity index is -0.00000000533. The van der Waals surface area contributed by atoms with Crippen LogP contribution in [-0.4, -0.2) is 44.9 Å². The molecule has 0 saturated carbocycles. The predicted molar refractivity (Wildman–Crippen MR) is 43.4 cm³/mol. The highest BCUT2D eigenvalue weighted by molar-refractivity contribution is 7.79. The Hall–Kier alpha value is 0.100. The van der Waals surface area contributed by atoms with Crippen LogP contribution in [0.25, 0.3) is 0 Å². The van der Waals surface area contributed by atoms with Gasteiger partial charge in [0.05, 0.1) is 0 Å². The summed E-state index contributed by atoms with van der Waals surface area (Å²) in [7, 11) is -4.67. The largest absolute Gasteiger partial charge is 0.412 e. The third kappa shape index (κ3) is 66300. The van der Waals surface area contributed by atoms with Gasteiger partial charge in [-0.3, -0.25) is 9.11 Å². The van der Waals surface area contributed by atoms with Gasteiger partial charge in [0.15, 0.2) is 0 Å². The van der Waals surface area contributed by atoms with E-state index in [1.807, 2.05) is 0 Å². The Morgan fingerprint density at radius 3 is 0.727 bits per heavy atom. The van der Waals surface area contributed by atoms with Crippen LogP contribution in [0.1, 0.15) is 0 Å². The summed E-state index contributed by atoms with van der Waals surface area (Å²) in [6.07, 6.45) is 0. The van der Waals surface area contributed by atoms with E-state index in [1.165, 1.54) is 0 Å². The van der Waals surface area contributed by atoms with E-state index in [0.717, 1.165) is 0 Å². The molecule has 11 heteroatoms. The molecule has 0 amide bonds. The zero-order chi connectivity index (χ0) is 4.50. The molecular formula is H15O9PS. The summed E-state index contributed by atoms with van der Waals surface area (Å²) in [6.45, 7) is 0. The van der Waals surface area contributed by atoms with Crippen LogP contribution < -0.4 is 0 Å². The molecule has 1 atom stereocenters. The van der Waals surface area contributed by atoms with Crippen molar-refractivity contribution < 1.29 is 44.9 Å². The molecule has 0 aromatic rings. The van der Waals surface area contributed by atoms with Gasteiger partial charge in [-0.05, 0) is 0 Å². The van der Waals surface area contributed by atoms with Crippen molar-refractivity contribution in [2.45, 2.75) is 0 Å². The summed E-state index contributed by atoms with van der Waals surface area (Å²) in [4.78, 5) is 0. The minimum absolute atomic E-state index is 0. The van der Waals surface area contributed by atoms with Crippen molar-refractivity contribution in [3.63, 3.8) is 0 Å². The minimum Gasteiger partial charge on any atom is -0.412 e. The summed E-state index contributed by atoms with van der Waals surface area (Å²) in [6, 6.07) is 0.